The smallest absolute Gasteiger partial charge is 0.0727 e. The van der Waals surface area contributed by atoms with Gasteiger partial charge in [-0.15, -0.1) is 11.3 Å². The highest BCUT2D eigenvalue weighted by atomic mass is 32.1. The summed E-state index contributed by atoms with van der Waals surface area (Å²) in [7, 11) is 0. The van der Waals surface area contributed by atoms with Crippen molar-refractivity contribution in [3.8, 4) is 22.3 Å². The van der Waals surface area contributed by atoms with E-state index in [1.807, 2.05) is 11.3 Å². The van der Waals surface area contributed by atoms with E-state index in [0.717, 1.165) is 163 Å². The summed E-state index contributed by atoms with van der Waals surface area (Å²) in [5.41, 5.74) is 19.1. The predicted octanol–water partition coefficient (Wildman–Crippen LogP) is 19.6. The fourth-order valence-electron chi connectivity index (χ4n) is 14.0. The molecule has 2 aliphatic heterocycles. The van der Waals surface area contributed by atoms with Crippen LogP contribution in [0.15, 0.2) is 206 Å². The van der Waals surface area contributed by atoms with Crippen molar-refractivity contribution in [2.75, 3.05) is 75.9 Å². The number of anilines is 6. The monoisotopic (exact) mass is 1180 g/mol. The first kappa shape index (κ1) is 58.3. The minimum Gasteiger partial charge on any atom is -0.381 e. The molecular weight excluding hydrogens is 1100 g/mol. The average Bonchev–Trinajstić information content (AvgIpc) is 1.50. The first-order chi connectivity index (χ1) is 43.5. The molecule has 448 valence electrons. The molecule has 1 spiro atoms. The zero-order valence-electron chi connectivity index (χ0n) is 51.0. The van der Waals surface area contributed by atoms with Crippen molar-refractivity contribution in [2.45, 2.75) is 83.8 Å². The minimum absolute atomic E-state index is 0.235. The molecule has 0 atom stereocenters. The summed E-state index contributed by atoms with van der Waals surface area (Å²) >= 11 is 1.92. The number of benzene rings is 9. The fraction of sp³-hybridized carbons (Fsp3) is 0.316. The highest BCUT2D eigenvalue weighted by Crippen LogP contribution is 2.66. The van der Waals surface area contributed by atoms with Crippen LogP contribution >= 0.6 is 11.3 Å². The second-order valence-corrected chi connectivity index (χ2v) is 25.9. The molecule has 88 heavy (non-hydrogen) atoms. The molecule has 3 heterocycles. The van der Waals surface area contributed by atoms with E-state index in [1.54, 1.807) is 0 Å². The summed E-state index contributed by atoms with van der Waals surface area (Å²) in [6, 6.07) is 77.1. The van der Waals surface area contributed by atoms with Crippen LogP contribution in [0, 0.1) is 10.8 Å². The predicted molar refractivity (Wildman–Crippen MR) is 361 cm³/mol. The number of para-hydroxylation sites is 2. The van der Waals surface area contributed by atoms with Gasteiger partial charge in [0.1, 0.15) is 0 Å². The molecule has 0 amide bonds. The third-order valence-electron chi connectivity index (χ3n) is 19.2. The first-order valence-corrected chi connectivity index (χ1v) is 33.0. The van der Waals surface area contributed by atoms with E-state index < -0.39 is 5.41 Å². The summed E-state index contributed by atoms with van der Waals surface area (Å²) in [4.78, 5) is 4.93. The van der Waals surface area contributed by atoms with Crippen LogP contribution in [-0.4, -0.2) is 66.1 Å². The number of thiophene rings is 1. The molecule has 2 aliphatic carbocycles. The molecule has 4 aliphatic rings. The molecular formula is C79H80N2O6S. The van der Waals surface area contributed by atoms with E-state index in [1.165, 1.54) is 64.7 Å². The quantitative estimate of drug-likeness (QED) is 0.0450. The van der Waals surface area contributed by atoms with Crippen molar-refractivity contribution in [1.29, 1.82) is 0 Å². The number of unbranched alkanes of at least 4 members (excludes halogenated alkanes) is 4. The molecule has 0 saturated carbocycles. The molecule has 8 nitrogen and oxygen atoms in total. The Labute approximate surface area is 523 Å². The van der Waals surface area contributed by atoms with Crippen molar-refractivity contribution in [2.24, 2.45) is 10.8 Å². The Bertz CT molecular complexity index is 3950. The lowest BCUT2D eigenvalue weighted by Gasteiger charge is -2.40. The fourth-order valence-corrected chi connectivity index (χ4v) is 15.3. The number of fused-ring (bicyclic) bond motifs is 14. The van der Waals surface area contributed by atoms with Crippen LogP contribution in [0.1, 0.15) is 98.6 Å². The molecule has 14 rings (SSSR count). The van der Waals surface area contributed by atoms with Crippen LogP contribution in [0.2, 0.25) is 0 Å². The van der Waals surface area contributed by atoms with Gasteiger partial charge in [-0.1, -0.05) is 147 Å². The Morgan fingerprint density at radius 3 is 1.41 bits per heavy atom. The van der Waals surface area contributed by atoms with Crippen molar-refractivity contribution >= 4 is 65.6 Å². The highest BCUT2D eigenvalue weighted by Gasteiger charge is 2.53. The van der Waals surface area contributed by atoms with Crippen LogP contribution in [-0.2, 0) is 47.0 Å². The van der Waals surface area contributed by atoms with Crippen molar-refractivity contribution in [1.82, 2.24) is 0 Å². The van der Waals surface area contributed by atoms with Gasteiger partial charge in [0.05, 0.1) is 64.0 Å². The van der Waals surface area contributed by atoms with Gasteiger partial charge in [-0.2, -0.15) is 0 Å². The zero-order chi connectivity index (χ0) is 59.3. The van der Waals surface area contributed by atoms with E-state index in [9.17, 15) is 0 Å². The van der Waals surface area contributed by atoms with Gasteiger partial charge in [-0.25, -0.2) is 0 Å². The average molecular weight is 1190 g/mol. The van der Waals surface area contributed by atoms with Crippen LogP contribution in [0.4, 0.5) is 34.1 Å². The molecule has 0 unspecified atom stereocenters. The summed E-state index contributed by atoms with van der Waals surface area (Å²) < 4.78 is 38.2. The molecule has 9 heteroatoms. The van der Waals surface area contributed by atoms with E-state index >= 15 is 0 Å². The summed E-state index contributed by atoms with van der Waals surface area (Å²) in [5, 5.41) is 2.52. The Morgan fingerprint density at radius 1 is 0.409 bits per heavy atom. The highest BCUT2D eigenvalue weighted by molar-refractivity contribution is 7.26. The molecule has 0 radical (unpaired) electrons. The molecule has 2 saturated heterocycles. The van der Waals surface area contributed by atoms with Gasteiger partial charge in [0, 0.05) is 91.4 Å². The zero-order valence-corrected chi connectivity index (χ0v) is 51.8. The Hall–Kier alpha value is -7.44. The Balaban J connectivity index is 0.797. The van der Waals surface area contributed by atoms with E-state index in [0.29, 0.717) is 13.2 Å². The third-order valence-corrected chi connectivity index (χ3v) is 20.4. The van der Waals surface area contributed by atoms with Gasteiger partial charge >= 0.3 is 0 Å². The summed E-state index contributed by atoms with van der Waals surface area (Å²) in [6.45, 7) is 13.6. The standard InChI is InChI=1S/C79H80N2O6S/c1-3-77(53-86-54-77)51-84-45-21-7-19-43-82-49-57-33-37-61(38-34-57)80(59-23-9-5-10-24-59)63-41-42-66-70(47-63)79(68-30-16-13-27-64(68)65-28-14-17-31-69(65)79)71-48-72(75-67-29-15-18-32-73(67)88-76(75)74(66)71)81(60-25-11-6-12-26-60)62-39-35-58(36-40-62)50-83-44-20-8-22-46-85-52-78(4-2)55-87-56-78/h5-6,9-18,23-42,47-48H,3-4,7-8,19-22,43-46,49-56H2,1-2H3. The van der Waals surface area contributed by atoms with Gasteiger partial charge in [0.25, 0.3) is 0 Å². The van der Waals surface area contributed by atoms with Gasteiger partial charge in [-0.05, 0) is 174 Å². The maximum Gasteiger partial charge on any atom is 0.0727 e. The van der Waals surface area contributed by atoms with Gasteiger partial charge in [0.15, 0.2) is 0 Å². The van der Waals surface area contributed by atoms with Crippen LogP contribution in [0.5, 0.6) is 0 Å². The summed E-state index contributed by atoms with van der Waals surface area (Å²) in [6.07, 6.45) is 8.53. The largest absolute Gasteiger partial charge is 0.381 e. The normalized spacial score (nSPS) is 15.4. The Morgan fingerprint density at radius 2 is 0.875 bits per heavy atom. The lowest BCUT2D eigenvalue weighted by molar-refractivity contribution is -0.150. The van der Waals surface area contributed by atoms with Crippen molar-refractivity contribution in [3.63, 3.8) is 0 Å². The molecule has 10 aromatic rings. The minimum atomic E-state index is -0.646. The lowest BCUT2D eigenvalue weighted by atomic mass is 9.70. The molecule has 2 fully saturated rings. The maximum atomic E-state index is 6.32. The van der Waals surface area contributed by atoms with Crippen LogP contribution in [0.25, 0.3) is 42.4 Å². The van der Waals surface area contributed by atoms with Crippen LogP contribution in [0.3, 0.4) is 0 Å². The third kappa shape index (κ3) is 11.1. The SMILES string of the molecule is CCC1(COCCCCCOCc2ccc(N(c3ccccc3)c3ccc4c(c3)C3(c5ccccc5-c5ccccc53)c3cc(N(c5ccccc5)c5ccc(COCCCCCOCC6(CC)COC6)cc5)c5c(sc6ccccc65)c3-4)cc2)COC1. The number of hydrogen-bond acceptors (Lipinski definition) is 9. The molecule has 0 N–H and O–H groups in total. The molecule has 0 bridgehead atoms. The summed E-state index contributed by atoms with van der Waals surface area (Å²) in [5.74, 6) is 0. The first-order valence-electron chi connectivity index (χ1n) is 32.2. The number of ether oxygens (including phenoxy) is 6. The van der Waals surface area contributed by atoms with E-state index in [2.05, 4.69) is 230 Å². The van der Waals surface area contributed by atoms with Gasteiger partial charge < -0.3 is 38.2 Å². The number of hydrogen-bond donors (Lipinski definition) is 0. The van der Waals surface area contributed by atoms with Crippen molar-refractivity contribution in [3.05, 3.63) is 240 Å². The topological polar surface area (TPSA) is 61.9 Å². The van der Waals surface area contributed by atoms with Gasteiger partial charge in [-0.3, -0.25) is 0 Å². The van der Waals surface area contributed by atoms with E-state index in [-0.39, 0.29) is 10.8 Å². The lowest BCUT2D eigenvalue weighted by Crippen LogP contribution is -2.45. The molecule has 9 aromatic carbocycles. The van der Waals surface area contributed by atoms with Gasteiger partial charge in [0.2, 0.25) is 0 Å². The number of nitrogens with zero attached hydrogens (tertiary/aromatic N) is 2. The second-order valence-electron chi connectivity index (χ2n) is 24.9. The Kier molecular flexibility index (Phi) is 17.2. The van der Waals surface area contributed by atoms with E-state index in [4.69, 9.17) is 28.4 Å². The maximum absolute atomic E-state index is 6.32. The number of rotatable bonds is 28. The van der Waals surface area contributed by atoms with Crippen molar-refractivity contribution < 1.29 is 28.4 Å². The second kappa shape index (κ2) is 25.9. The molecule has 1 aromatic heterocycles. The van der Waals surface area contributed by atoms with Crippen LogP contribution < -0.4 is 9.80 Å².